The standard InChI is InChI=1S/C10H16O3/c11-8-13-10(12)7-6-9-4-2-1-3-5-9/h6-7,9,11H,1-5,8H2. The van der Waals surface area contributed by atoms with Crippen LogP contribution in [0.25, 0.3) is 0 Å². The minimum atomic E-state index is -0.534. The van der Waals surface area contributed by atoms with Crippen LogP contribution in [0.1, 0.15) is 32.1 Å². The summed E-state index contributed by atoms with van der Waals surface area (Å²) < 4.78 is 4.36. The molecule has 1 aliphatic carbocycles. The molecule has 1 saturated carbocycles. The van der Waals surface area contributed by atoms with Crippen LogP contribution in [0.3, 0.4) is 0 Å². The molecule has 0 saturated heterocycles. The van der Waals surface area contributed by atoms with Gasteiger partial charge in [-0.25, -0.2) is 4.79 Å². The van der Waals surface area contributed by atoms with Gasteiger partial charge in [0.05, 0.1) is 0 Å². The van der Waals surface area contributed by atoms with Crippen LogP contribution >= 0.6 is 0 Å². The van der Waals surface area contributed by atoms with Crippen molar-refractivity contribution in [1.82, 2.24) is 0 Å². The van der Waals surface area contributed by atoms with Gasteiger partial charge in [-0.15, -0.1) is 0 Å². The molecule has 1 rings (SSSR count). The molecule has 74 valence electrons. The normalized spacial score (nSPS) is 19.2. The summed E-state index contributed by atoms with van der Waals surface area (Å²) >= 11 is 0. The van der Waals surface area contributed by atoms with Crippen molar-refractivity contribution in [1.29, 1.82) is 0 Å². The summed E-state index contributed by atoms with van der Waals surface area (Å²) in [6.45, 7) is -0.534. The molecule has 0 unspecified atom stereocenters. The van der Waals surface area contributed by atoms with Gasteiger partial charge in [0, 0.05) is 6.08 Å². The number of allylic oxidation sites excluding steroid dienone is 1. The van der Waals surface area contributed by atoms with Gasteiger partial charge in [0.1, 0.15) is 0 Å². The van der Waals surface area contributed by atoms with Crippen LogP contribution in [-0.4, -0.2) is 17.9 Å². The van der Waals surface area contributed by atoms with E-state index in [0.717, 1.165) is 0 Å². The monoisotopic (exact) mass is 184 g/mol. The van der Waals surface area contributed by atoms with E-state index in [0.29, 0.717) is 5.92 Å². The van der Waals surface area contributed by atoms with Gasteiger partial charge >= 0.3 is 5.97 Å². The Kier molecular flexibility index (Phi) is 4.54. The fraction of sp³-hybridized carbons (Fsp3) is 0.700. The molecule has 0 amide bonds. The van der Waals surface area contributed by atoms with Gasteiger partial charge in [0.2, 0.25) is 0 Å². The molecule has 0 heterocycles. The Balaban J connectivity index is 2.24. The van der Waals surface area contributed by atoms with E-state index in [2.05, 4.69) is 4.74 Å². The second-order valence-corrected chi connectivity index (χ2v) is 3.35. The number of aliphatic hydroxyl groups is 1. The number of carbonyl (C=O) groups excluding carboxylic acids is 1. The first kappa shape index (κ1) is 10.3. The van der Waals surface area contributed by atoms with Gasteiger partial charge in [0.15, 0.2) is 6.79 Å². The fourth-order valence-electron chi connectivity index (χ4n) is 1.65. The van der Waals surface area contributed by atoms with E-state index in [1.807, 2.05) is 6.08 Å². The SMILES string of the molecule is O=C(C=CC1CCCCC1)OCO. The molecule has 0 aromatic rings. The highest BCUT2D eigenvalue weighted by atomic mass is 16.6. The Hall–Kier alpha value is -0.830. The van der Waals surface area contributed by atoms with E-state index in [9.17, 15) is 4.79 Å². The van der Waals surface area contributed by atoms with E-state index in [1.165, 1.54) is 38.2 Å². The number of rotatable bonds is 3. The molecule has 3 nitrogen and oxygen atoms in total. The van der Waals surface area contributed by atoms with Gasteiger partial charge in [-0.1, -0.05) is 25.3 Å². The molecule has 0 atom stereocenters. The topological polar surface area (TPSA) is 46.5 Å². The van der Waals surface area contributed by atoms with Gasteiger partial charge in [-0.3, -0.25) is 0 Å². The van der Waals surface area contributed by atoms with Crippen LogP contribution in [0.5, 0.6) is 0 Å². The average Bonchev–Trinajstić information content (AvgIpc) is 2.17. The zero-order chi connectivity index (χ0) is 9.52. The van der Waals surface area contributed by atoms with Crippen molar-refractivity contribution in [3.05, 3.63) is 12.2 Å². The lowest BCUT2D eigenvalue weighted by Crippen LogP contribution is -2.05. The van der Waals surface area contributed by atoms with E-state index in [1.54, 1.807) is 0 Å². The first-order chi connectivity index (χ1) is 6.33. The predicted molar refractivity (Wildman–Crippen MR) is 48.9 cm³/mol. The van der Waals surface area contributed by atoms with Crippen LogP contribution in [0.2, 0.25) is 0 Å². The van der Waals surface area contributed by atoms with E-state index in [4.69, 9.17) is 5.11 Å². The molecule has 3 heteroatoms. The highest BCUT2D eigenvalue weighted by Crippen LogP contribution is 2.24. The largest absolute Gasteiger partial charge is 0.436 e. The van der Waals surface area contributed by atoms with Gasteiger partial charge in [-0.2, -0.15) is 0 Å². The summed E-state index contributed by atoms with van der Waals surface area (Å²) in [5, 5.41) is 8.30. The molecule has 0 radical (unpaired) electrons. The zero-order valence-electron chi connectivity index (χ0n) is 7.74. The van der Waals surface area contributed by atoms with Crippen LogP contribution in [0.4, 0.5) is 0 Å². The number of hydrogen-bond donors (Lipinski definition) is 1. The van der Waals surface area contributed by atoms with Crippen LogP contribution in [0, 0.1) is 5.92 Å². The lowest BCUT2D eigenvalue weighted by molar-refractivity contribution is -0.145. The molecule has 0 aliphatic heterocycles. The Morgan fingerprint density at radius 2 is 2.08 bits per heavy atom. The maximum Gasteiger partial charge on any atom is 0.332 e. The number of ether oxygens (including phenoxy) is 1. The molecular formula is C10H16O3. The molecule has 1 N–H and O–H groups in total. The molecule has 0 aromatic carbocycles. The minimum absolute atomic E-state index is 0.451. The van der Waals surface area contributed by atoms with Crippen molar-refractivity contribution in [2.75, 3.05) is 6.79 Å². The first-order valence-electron chi connectivity index (χ1n) is 4.78. The smallest absolute Gasteiger partial charge is 0.332 e. The Labute approximate surface area is 78.4 Å². The van der Waals surface area contributed by atoms with E-state index < -0.39 is 12.8 Å². The molecular weight excluding hydrogens is 168 g/mol. The Morgan fingerprint density at radius 3 is 2.69 bits per heavy atom. The average molecular weight is 184 g/mol. The lowest BCUT2D eigenvalue weighted by atomic mass is 9.89. The quantitative estimate of drug-likeness (QED) is 0.412. The summed E-state index contributed by atoms with van der Waals surface area (Å²) in [5.74, 6) is 0.0769. The first-order valence-corrected chi connectivity index (χ1v) is 4.78. The maximum atomic E-state index is 10.8. The van der Waals surface area contributed by atoms with Gasteiger partial charge < -0.3 is 9.84 Å². The molecule has 1 aliphatic rings. The van der Waals surface area contributed by atoms with Crippen molar-refractivity contribution in [3.8, 4) is 0 Å². The van der Waals surface area contributed by atoms with Crippen LogP contribution in [0.15, 0.2) is 12.2 Å². The third-order valence-electron chi connectivity index (χ3n) is 2.36. The van der Waals surface area contributed by atoms with Gasteiger partial charge in [-0.05, 0) is 18.8 Å². The molecule has 0 bridgehead atoms. The lowest BCUT2D eigenvalue weighted by Gasteiger charge is -2.17. The summed E-state index contributed by atoms with van der Waals surface area (Å²) in [5.41, 5.74) is 0. The van der Waals surface area contributed by atoms with Crippen molar-refractivity contribution in [2.24, 2.45) is 5.92 Å². The number of carbonyl (C=O) groups is 1. The van der Waals surface area contributed by atoms with Crippen LogP contribution < -0.4 is 0 Å². The van der Waals surface area contributed by atoms with Crippen molar-refractivity contribution in [2.45, 2.75) is 32.1 Å². The molecule has 13 heavy (non-hydrogen) atoms. The van der Waals surface area contributed by atoms with E-state index >= 15 is 0 Å². The molecule has 0 aromatic heterocycles. The number of aliphatic hydroxyl groups excluding tert-OH is 1. The molecule has 1 fully saturated rings. The van der Waals surface area contributed by atoms with Gasteiger partial charge in [0.25, 0.3) is 0 Å². The predicted octanol–water partition coefficient (Wildman–Crippen LogP) is 1.62. The maximum absolute atomic E-state index is 10.8. The third-order valence-corrected chi connectivity index (χ3v) is 2.36. The highest BCUT2D eigenvalue weighted by Gasteiger charge is 2.10. The van der Waals surface area contributed by atoms with Crippen LogP contribution in [-0.2, 0) is 9.53 Å². The summed E-state index contributed by atoms with van der Waals surface area (Å²) in [6.07, 6.45) is 9.48. The highest BCUT2D eigenvalue weighted by molar-refractivity contribution is 5.81. The summed E-state index contributed by atoms with van der Waals surface area (Å²) in [4.78, 5) is 10.8. The van der Waals surface area contributed by atoms with Crippen molar-refractivity contribution < 1.29 is 14.6 Å². The van der Waals surface area contributed by atoms with E-state index in [-0.39, 0.29) is 0 Å². The molecule has 0 spiro atoms. The Morgan fingerprint density at radius 1 is 1.38 bits per heavy atom. The van der Waals surface area contributed by atoms with Crippen molar-refractivity contribution in [3.63, 3.8) is 0 Å². The zero-order valence-corrected chi connectivity index (χ0v) is 7.74. The minimum Gasteiger partial charge on any atom is -0.436 e. The number of hydrogen-bond acceptors (Lipinski definition) is 3. The summed E-state index contributed by atoms with van der Waals surface area (Å²) in [7, 11) is 0. The van der Waals surface area contributed by atoms with Crippen molar-refractivity contribution >= 4 is 5.97 Å². The second kappa shape index (κ2) is 5.75. The fourth-order valence-corrected chi connectivity index (χ4v) is 1.65. The third kappa shape index (κ3) is 4.08. The summed E-state index contributed by atoms with van der Waals surface area (Å²) in [6, 6.07) is 0. The Bertz CT molecular complexity index is 181. The second-order valence-electron chi connectivity index (χ2n) is 3.35. The number of esters is 1.